The van der Waals surface area contributed by atoms with E-state index >= 15 is 0 Å². The van der Waals surface area contributed by atoms with Crippen molar-refractivity contribution in [2.45, 2.75) is 77.0 Å². The molecule has 0 heterocycles. The number of hydrogen-bond donors (Lipinski definition) is 0. The lowest BCUT2D eigenvalue weighted by Crippen LogP contribution is -2.14. The van der Waals surface area contributed by atoms with Gasteiger partial charge in [0.05, 0.1) is 6.07 Å². The fourth-order valence-corrected chi connectivity index (χ4v) is 5.05. The lowest BCUT2D eigenvalue weighted by molar-refractivity contribution is 0.348. The molecule has 0 bridgehead atoms. The Hall–Kier alpha value is -2.07. The highest BCUT2D eigenvalue weighted by Gasteiger charge is 2.22. The van der Waals surface area contributed by atoms with Gasteiger partial charge in [0.25, 0.3) is 0 Å². The number of allylic oxidation sites excluding steroid dienone is 6. The molecule has 0 N–H and O–H groups in total. The summed E-state index contributed by atoms with van der Waals surface area (Å²) in [6, 6.07) is 11.5. The first kappa shape index (κ1) is 21.6. The summed E-state index contributed by atoms with van der Waals surface area (Å²) in [6.07, 6.45) is 25.8. The van der Waals surface area contributed by atoms with Gasteiger partial charge in [-0.25, -0.2) is 0 Å². The second-order valence-electron chi connectivity index (χ2n) is 9.04. The van der Waals surface area contributed by atoms with Crippen LogP contribution >= 0.6 is 0 Å². The maximum Gasteiger partial charge on any atom is 0.0912 e. The fraction of sp³-hybridized carbons (Fsp3) is 0.536. The molecule has 0 atom stereocenters. The van der Waals surface area contributed by atoms with Gasteiger partial charge in [-0.2, -0.15) is 5.26 Å². The number of aryl methyl sites for hydroxylation is 1. The third-order valence-corrected chi connectivity index (χ3v) is 6.90. The van der Waals surface area contributed by atoms with Crippen molar-refractivity contribution >= 4 is 0 Å². The SMILES string of the molecule is CCCc1ccc([C@H]2CC[C@H](C=C[C@H]3CC[C@H](C=CC=CC#N)CC3)CC2)cc1. The summed E-state index contributed by atoms with van der Waals surface area (Å²) in [4.78, 5) is 0. The number of rotatable bonds is 7. The first-order valence-electron chi connectivity index (χ1n) is 11.8. The summed E-state index contributed by atoms with van der Waals surface area (Å²) in [5.74, 6) is 3.03. The van der Waals surface area contributed by atoms with Gasteiger partial charge in [0.2, 0.25) is 0 Å². The normalized spacial score (nSPS) is 28.3. The molecule has 2 aliphatic rings. The lowest BCUT2D eigenvalue weighted by Gasteiger charge is -2.28. The van der Waals surface area contributed by atoms with Crippen LogP contribution in [0.4, 0.5) is 0 Å². The van der Waals surface area contributed by atoms with Crippen LogP contribution in [0.3, 0.4) is 0 Å². The van der Waals surface area contributed by atoms with E-state index in [0.717, 1.165) is 17.8 Å². The summed E-state index contributed by atoms with van der Waals surface area (Å²) in [7, 11) is 0. The van der Waals surface area contributed by atoms with Crippen LogP contribution in [-0.2, 0) is 6.42 Å². The molecule has 0 aromatic heterocycles. The minimum absolute atomic E-state index is 0.696. The Labute approximate surface area is 178 Å². The van der Waals surface area contributed by atoms with Gasteiger partial charge in [-0.3, -0.25) is 0 Å². The fourth-order valence-electron chi connectivity index (χ4n) is 5.05. The summed E-state index contributed by atoms with van der Waals surface area (Å²) in [6.45, 7) is 2.25. The lowest BCUT2D eigenvalue weighted by atomic mass is 9.77. The summed E-state index contributed by atoms with van der Waals surface area (Å²) in [5, 5.41) is 8.53. The Morgan fingerprint density at radius 2 is 1.34 bits per heavy atom. The minimum Gasteiger partial charge on any atom is -0.193 e. The average Bonchev–Trinajstić information content (AvgIpc) is 2.77. The van der Waals surface area contributed by atoms with Gasteiger partial charge < -0.3 is 0 Å². The van der Waals surface area contributed by atoms with Crippen LogP contribution in [-0.4, -0.2) is 0 Å². The van der Waals surface area contributed by atoms with E-state index in [2.05, 4.69) is 49.4 Å². The molecule has 0 spiro atoms. The van der Waals surface area contributed by atoms with Gasteiger partial charge in [0, 0.05) is 6.08 Å². The molecule has 0 radical (unpaired) electrons. The van der Waals surface area contributed by atoms with Gasteiger partial charge in [0.1, 0.15) is 0 Å². The first-order chi connectivity index (χ1) is 14.3. The highest BCUT2D eigenvalue weighted by molar-refractivity contribution is 5.26. The van der Waals surface area contributed by atoms with E-state index in [1.54, 1.807) is 11.6 Å². The molecule has 1 heteroatoms. The van der Waals surface area contributed by atoms with Crippen molar-refractivity contribution in [1.82, 2.24) is 0 Å². The molecule has 3 rings (SSSR count). The topological polar surface area (TPSA) is 23.8 Å². The van der Waals surface area contributed by atoms with Crippen LogP contribution in [0.15, 0.2) is 60.7 Å². The molecule has 1 nitrogen and oxygen atoms in total. The van der Waals surface area contributed by atoms with E-state index in [1.165, 1.54) is 69.8 Å². The van der Waals surface area contributed by atoms with Crippen molar-refractivity contribution in [1.29, 1.82) is 5.26 Å². The molecule has 2 aliphatic carbocycles. The Kier molecular flexibility index (Phi) is 8.82. The van der Waals surface area contributed by atoms with E-state index < -0.39 is 0 Å². The highest BCUT2D eigenvalue weighted by atomic mass is 14.3. The minimum atomic E-state index is 0.696. The zero-order chi connectivity index (χ0) is 20.3. The van der Waals surface area contributed by atoms with Gasteiger partial charge >= 0.3 is 0 Å². The summed E-state index contributed by atoms with van der Waals surface area (Å²) in [5.41, 5.74) is 3.04. The predicted molar refractivity (Wildman–Crippen MR) is 124 cm³/mol. The Morgan fingerprint density at radius 1 is 0.793 bits per heavy atom. The second-order valence-corrected chi connectivity index (χ2v) is 9.04. The average molecular weight is 388 g/mol. The molecule has 0 saturated heterocycles. The molecule has 0 unspecified atom stereocenters. The zero-order valence-electron chi connectivity index (χ0n) is 18.1. The quantitative estimate of drug-likeness (QED) is 0.265. The van der Waals surface area contributed by atoms with E-state index in [4.69, 9.17) is 5.26 Å². The van der Waals surface area contributed by atoms with E-state index in [-0.39, 0.29) is 0 Å². The number of nitriles is 1. The maximum atomic E-state index is 8.53. The van der Waals surface area contributed by atoms with E-state index in [1.807, 2.05) is 18.2 Å². The summed E-state index contributed by atoms with van der Waals surface area (Å²) >= 11 is 0. The van der Waals surface area contributed by atoms with Gasteiger partial charge in [-0.1, -0.05) is 68.0 Å². The van der Waals surface area contributed by atoms with E-state index in [9.17, 15) is 0 Å². The van der Waals surface area contributed by atoms with Crippen molar-refractivity contribution in [3.8, 4) is 6.07 Å². The number of benzene rings is 1. The molecule has 2 saturated carbocycles. The summed E-state index contributed by atoms with van der Waals surface area (Å²) < 4.78 is 0. The van der Waals surface area contributed by atoms with Gasteiger partial charge in [-0.05, 0) is 92.6 Å². The Bertz CT molecular complexity index is 715. The zero-order valence-corrected chi connectivity index (χ0v) is 18.1. The van der Waals surface area contributed by atoms with Crippen LogP contribution < -0.4 is 0 Å². The Morgan fingerprint density at radius 3 is 1.90 bits per heavy atom. The van der Waals surface area contributed by atoms with E-state index in [0.29, 0.717) is 5.92 Å². The highest BCUT2D eigenvalue weighted by Crippen LogP contribution is 2.37. The van der Waals surface area contributed by atoms with Crippen molar-refractivity contribution in [2.75, 3.05) is 0 Å². The number of hydrogen-bond acceptors (Lipinski definition) is 1. The van der Waals surface area contributed by atoms with Crippen LogP contribution in [0, 0.1) is 29.1 Å². The van der Waals surface area contributed by atoms with Crippen LogP contribution in [0.5, 0.6) is 0 Å². The van der Waals surface area contributed by atoms with Crippen LogP contribution in [0.25, 0.3) is 0 Å². The molecule has 1 aromatic carbocycles. The largest absolute Gasteiger partial charge is 0.193 e. The molecule has 0 aliphatic heterocycles. The molecular weight excluding hydrogens is 350 g/mol. The molecule has 0 amide bonds. The smallest absolute Gasteiger partial charge is 0.0912 e. The standard InChI is InChI=1S/C28H37N/c1-2-6-23-14-18-27(19-15-23)28-20-16-26(17-21-28)13-12-25-10-8-24(9-11-25)7-4-3-5-22-29/h3-5,7,12-15,18-19,24-26,28H,2,6,8-11,16-17,20-21H2,1H3/t24-,25-,26-,28-. The molecule has 29 heavy (non-hydrogen) atoms. The van der Waals surface area contributed by atoms with Crippen molar-refractivity contribution < 1.29 is 0 Å². The van der Waals surface area contributed by atoms with Gasteiger partial charge in [-0.15, -0.1) is 0 Å². The van der Waals surface area contributed by atoms with Gasteiger partial charge in [0.15, 0.2) is 0 Å². The monoisotopic (exact) mass is 387 g/mol. The second kappa shape index (κ2) is 11.8. The predicted octanol–water partition coefficient (Wildman–Crippen LogP) is 7.91. The maximum absolute atomic E-state index is 8.53. The first-order valence-corrected chi connectivity index (χ1v) is 11.8. The van der Waals surface area contributed by atoms with Crippen molar-refractivity contribution in [2.24, 2.45) is 17.8 Å². The molecule has 2 fully saturated rings. The third kappa shape index (κ3) is 7.04. The number of nitrogens with zero attached hydrogens (tertiary/aromatic N) is 1. The van der Waals surface area contributed by atoms with Crippen LogP contribution in [0.2, 0.25) is 0 Å². The third-order valence-electron chi connectivity index (χ3n) is 6.90. The van der Waals surface area contributed by atoms with Crippen molar-refractivity contribution in [3.63, 3.8) is 0 Å². The van der Waals surface area contributed by atoms with Crippen molar-refractivity contribution in [3.05, 3.63) is 71.8 Å². The Balaban J connectivity index is 1.38. The molecule has 154 valence electrons. The molecule has 1 aromatic rings. The van der Waals surface area contributed by atoms with Crippen LogP contribution in [0.1, 0.15) is 81.8 Å². The molecular formula is C28H37N.